The van der Waals surface area contributed by atoms with Gasteiger partial charge in [0.15, 0.2) is 0 Å². The lowest BCUT2D eigenvalue weighted by molar-refractivity contribution is -0.0992. The summed E-state index contributed by atoms with van der Waals surface area (Å²) in [5.74, 6) is 0. The summed E-state index contributed by atoms with van der Waals surface area (Å²) in [4.78, 5) is 0. The Balaban J connectivity index is 2.58. The fourth-order valence-corrected chi connectivity index (χ4v) is 3.14. The molecule has 0 aromatic rings. The van der Waals surface area contributed by atoms with Crippen LogP contribution in [0.1, 0.15) is 46.0 Å². The van der Waals surface area contributed by atoms with Crippen molar-refractivity contribution >= 4 is 10.2 Å². The van der Waals surface area contributed by atoms with E-state index in [-0.39, 0.29) is 11.3 Å². The molecule has 88 valence electrons. The van der Waals surface area contributed by atoms with E-state index in [1.54, 1.807) is 0 Å². The Kier molecular flexibility index (Phi) is 5.40. The Hall–Kier alpha value is -0.283. The maximum atomic E-state index is 5.98. The molecule has 0 spiro atoms. The Morgan fingerprint density at radius 2 is 2.33 bits per heavy atom. The number of hydrogen-bond acceptors (Lipinski definition) is 2. The maximum absolute atomic E-state index is 5.98. The highest BCUT2D eigenvalue weighted by Gasteiger charge is 2.37. The lowest BCUT2D eigenvalue weighted by atomic mass is 10.00. The predicted molar refractivity (Wildman–Crippen MR) is 67.1 cm³/mol. The minimum Gasteiger partial charge on any atom is -0.496 e. The molecule has 2 unspecified atom stereocenters. The number of allylic oxidation sites excluding steroid dienone is 1. The highest BCUT2D eigenvalue weighted by atomic mass is 28.1. The third-order valence-electron chi connectivity index (χ3n) is 3.11. The summed E-state index contributed by atoms with van der Waals surface area (Å²) in [5, 5.41) is 0.0633. The number of ether oxygens (including phenoxy) is 2. The minimum atomic E-state index is 0.0633. The first-order chi connectivity index (χ1) is 7.23. The van der Waals surface area contributed by atoms with Gasteiger partial charge in [0.2, 0.25) is 0 Å². The third kappa shape index (κ3) is 3.65. The van der Waals surface area contributed by atoms with Gasteiger partial charge in [0.25, 0.3) is 0 Å². The van der Waals surface area contributed by atoms with E-state index in [1.165, 1.54) is 19.3 Å². The monoisotopic (exact) mass is 228 g/mol. The van der Waals surface area contributed by atoms with Crippen molar-refractivity contribution in [3.63, 3.8) is 0 Å². The zero-order chi connectivity index (χ0) is 11.1. The van der Waals surface area contributed by atoms with E-state index in [1.807, 2.05) is 19.3 Å². The van der Waals surface area contributed by atoms with Gasteiger partial charge in [0, 0.05) is 16.8 Å². The molecule has 1 aliphatic heterocycles. The standard InChI is InChI=1S/C12H24O2Si/c1-3-7-11(13-9-4-2)12(15)8-5-6-10-14-12/h4,9,11H,3,5-8,10H2,1-2,15H3. The highest BCUT2D eigenvalue weighted by Crippen LogP contribution is 2.29. The van der Waals surface area contributed by atoms with Crippen LogP contribution in [0.3, 0.4) is 0 Å². The van der Waals surface area contributed by atoms with E-state index in [0.29, 0.717) is 0 Å². The third-order valence-corrected chi connectivity index (χ3v) is 4.54. The zero-order valence-electron chi connectivity index (χ0n) is 10.3. The smallest absolute Gasteiger partial charge is 0.123 e. The second kappa shape index (κ2) is 6.33. The molecule has 1 saturated heterocycles. The van der Waals surface area contributed by atoms with Crippen molar-refractivity contribution in [2.75, 3.05) is 6.61 Å². The normalized spacial score (nSPS) is 29.5. The Labute approximate surface area is 96.5 Å². The summed E-state index contributed by atoms with van der Waals surface area (Å²) in [6.45, 7) is 5.12. The Morgan fingerprint density at radius 1 is 1.53 bits per heavy atom. The van der Waals surface area contributed by atoms with Gasteiger partial charge >= 0.3 is 0 Å². The molecule has 0 bridgehead atoms. The van der Waals surface area contributed by atoms with Gasteiger partial charge in [-0.25, -0.2) is 0 Å². The fraction of sp³-hybridized carbons (Fsp3) is 0.833. The van der Waals surface area contributed by atoms with Gasteiger partial charge in [-0.2, -0.15) is 0 Å². The molecule has 0 aliphatic carbocycles. The van der Waals surface area contributed by atoms with E-state index < -0.39 is 0 Å². The molecule has 0 N–H and O–H groups in total. The van der Waals surface area contributed by atoms with Crippen LogP contribution in [0.25, 0.3) is 0 Å². The molecule has 0 aromatic heterocycles. The second-order valence-electron chi connectivity index (χ2n) is 4.50. The van der Waals surface area contributed by atoms with Gasteiger partial charge in [-0.1, -0.05) is 19.4 Å². The molecule has 0 amide bonds. The minimum absolute atomic E-state index is 0.0633. The molecule has 2 atom stereocenters. The highest BCUT2D eigenvalue weighted by molar-refractivity contribution is 6.15. The van der Waals surface area contributed by atoms with Crippen molar-refractivity contribution in [2.45, 2.75) is 57.3 Å². The molecular formula is C12H24O2Si. The summed E-state index contributed by atoms with van der Waals surface area (Å²) in [6.07, 6.45) is 10.00. The van der Waals surface area contributed by atoms with Crippen molar-refractivity contribution in [1.82, 2.24) is 0 Å². The van der Waals surface area contributed by atoms with E-state index in [4.69, 9.17) is 9.47 Å². The largest absolute Gasteiger partial charge is 0.496 e. The quantitative estimate of drug-likeness (QED) is 0.529. The fourth-order valence-electron chi connectivity index (χ4n) is 2.16. The van der Waals surface area contributed by atoms with E-state index in [2.05, 4.69) is 6.92 Å². The van der Waals surface area contributed by atoms with E-state index >= 15 is 0 Å². The summed E-state index contributed by atoms with van der Waals surface area (Å²) < 4.78 is 11.8. The molecule has 0 aromatic carbocycles. The van der Waals surface area contributed by atoms with Crippen molar-refractivity contribution in [1.29, 1.82) is 0 Å². The summed E-state index contributed by atoms with van der Waals surface area (Å²) in [6, 6.07) is 0. The first-order valence-corrected chi connectivity index (χ1v) is 7.13. The van der Waals surface area contributed by atoms with Gasteiger partial charge in [0.05, 0.1) is 11.5 Å². The van der Waals surface area contributed by atoms with Crippen molar-refractivity contribution < 1.29 is 9.47 Å². The van der Waals surface area contributed by atoms with Gasteiger partial charge in [0.1, 0.15) is 6.10 Å². The van der Waals surface area contributed by atoms with Gasteiger partial charge in [-0.3, -0.25) is 0 Å². The SMILES string of the molecule is CC=COC(CCC)C1([SiH3])CCCCO1. The first-order valence-electron chi connectivity index (χ1n) is 6.13. The second-order valence-corrected chi connectivity index (χ2v) is 6.19. The van der Waals surface area contributed by atoms with Crippen LogP contribution in [0.2, 0.25) is 0 Å². The molecule has 3 heteroatoms. The van der Waals surface area contributed by atoms with Crippen LogP contribution in [0, 0.1) is 0 Å². The van der Waals surface area contributed by atoms with Crippen molar-refractivity contribution in [2.24, 2.45) is 0 Å². The summed E-state index contributed by atoms with van der Waals surface area (Å²) in [5.41, 5.74) is 0. The molecule has 0 saturated carbocycles. The Morgan fingerprint density at radius 3 is 2.87 bits per heavy atom. The summed E-state index contributed by atoms with van der Waals surface area (Å²) in [7, 11) is 1.06. The molecular weight excluding hydrogens is 204 g/mol. The predicted octanol–water partition coefficient (Wildman–Crippen LogP) is 1.97. The molecule has 1 aliphatic rings. The average Bonchev–Trinajstić information content (AvgIpc) is 2.25. The lowest BCUT2D eigenvalue weighted by Gasteiger charge is -2.40. The maximum Gasteiger partial charge on any atom is 0.123 e. The molecule has 2 nitrogen and oxygen atoms in total. The number of rotatable bonds is 5. The Bertz CT molecular complexity index is 198. The van der Waals surface area contributed by atoms with Crippen LogP contribution in [0.4, 0.5) is 0 Å². The van der Waals surface area contributed by atoms with Crippen LogP contribution < -0.4 is 0 Å². The van der Waals surface area contributed by atoms with Crippen LogP contribution >= 0.6 is 0 Å². The van der Waals surface area contributed by atoms with Crippen molar-refractivity contribution in [3.8, 4) is 0 Å². The molecule has 15 heavy (non-hydrogen) atoms. The van der Waals surface area contributed by atoms with Crippen LogP contribution in [-0.4, -0.2) is 28.2 Å². The molecule has 1 fully saturated rings. The zero-order valence-corrected chi connectivity index (χ0v) is 12.3. The van der Waals surface area contributed by atoms with Crippen LogP contribution in [0.15, 0.2) is 12.3 Å². The van der Waals surface area contributed by atoms with Crippen LogP contribution in [0.5, 0.6) is 0 Å². The lowest BCUT2D eigenvalue weighted by Crippen LogP contribution is -2.48. The van der Waals surface area contributed by atoms with Gasteiger partial charge in [-0.15, -0.1) is 0 Å². The first kappa shape index (κ1) is 12.8. The summed E-state index contributed by atoms with van der Waals surface area (Å²) >= 11 is 0. The average molecular weight is 228 g/mol. The van der Waals surface area contributed by atoms with Gasteiger partial charge < -0.3 is 9.47 Å². The van der Waals surface area contributed by atoms with E-state index in [9.17, 15) is 0 Å². The van der Waals surface area contributed by atoms with E-state index in [0.717, 1.165) is 29.7 Å². The van der Waals surface area contributed by atoms with Crippen LogP contribution in [-0.2, 0) is 9.47 Å². The molecule has 0 radical (unpaired) electrons. The number of hydrogen-bond donors (Lipinski definition) is 0. The molecule has 1 rings (SSSR count). The van der Waals surface area contributed by atoms with Gasteiger partial charge in [-0.05, 0) is 32.6 Å². The topological polar surface area (TPSA) is 18.5 Å². The molecule has 1 heterocycles. The van der Waals surface area contributed by atoms with Crippen molar-refractivity contribution in [3.05, 3.63) is 12.3 Å².